The Morgan fingerprint density at radius 1 is 0.800 bits per heavy atom. The van der Waals surface area contributed by atoms with Crippen molar-refractivity contribution in [1.29, 1.82) is 0 Å². The lowest BCUT2D eigenvalue weighted by atomic mass is 10.1. The summed E-state index contributed by atoms with van der Waals surface area (Å²) in [6, 6.07) is 7.27. The predicted molar refractivity (Wildman–Crippen MR) is 290 cm³/mol. The molecule has 0 bridgehead atoms. The molecule has 0 saturated heterocycles. The molecule has 3 aromatic carbocycles. The van der Waals surface area contributed by atoms with E-state index in [4.69, 9.17) is 54.5 Å². The van der Waals surface area contributed by atoms with E-state index in [1.165, 1.54) is 55.8 Å². The number of urea groups is 2. The highest BCUT2D eigenvalue weighted by molar-refractivity contribution is 7.90. The number of hydrogen-bond donors (Lipinski definition) is 9. The number of aromatic carboxylic acids is 1. The fourth-order valence-electron chi connectivity index (χ4n) is 6.20. The van der Waals surface area contributed by atoms with Gasteiger partial charge in [-0.05, 0) is 55.7 Å². The molecule has 0 saturated carbocycles. The number of carboxylic acids is 2. The third-order valence-electron chi connectivity index (χ3n) is 9.97. The summed E-state index contributed by atoms with van der Waals surface area (Å²) in [6.45, 7) is -4.13. The van der Waals surface area contributed by atoms with Gasteiger partial charge in [-0.2, -0.15) is 73.9 Å². The van der Waals surface area contributed by atoms with Crippen molar-refractivity contribution in [3.63, 3.8) is 0 Å². The number of rotatable bonds is 20. The SMILES string of the molecule is COc1nc(C)nc(NC(=O)NS(=O)(=O)c2ccccc2CCC(F)(F)F)n1.CP(=O)(O)CCC(N)C(=O)O.Nc1c([N+](=O)[O-])cnn1-c1c(Cl)cc(C(F)(F)F)cc1Cl.O=C(Nc1nc(OC(F)F)cc(OC(F)F)n1)NS(=O)(=O)c1ccccc1C(=O)O. The number of aryl methyl sites for hydroxylation is 2. The molecule has 4 amide bonds. The zero-order chi connectivity index (χ0) is 68.4. The number of nitrogens with two attached hydrogens (primary N) is 2. The van der Waals surface area contributed by atoms with Crippen LogP contribution >= 0.6 is 30.6 Å². The predicted octanol–water partition coefficient (Wildman–Crippen LogP) is 7.46. The molecule has 11 N–H and O–H groups in total. The van der Waals surface area contributed by atoms with Gasteiger partial charge in [0.2, 0.25) is 29.5 Å². The molecule has 0 spiro atoms. The van der Waals surface area contributed by atoms with Crippen LogP contribution in [-0.2, 0) is 42.0 Å². The van der Waals surface area contributed by atoms with Crippen LogP contribution in [0.15, 0.2) is 82.7 Å². The van der Waals surface area contributed by atoms with Gasteiger partial charge in [0.1, 0.15) is 28.6 Å². The largest absolute Gasteiger partial charge is 0.480 e. The number of carbonyl (C=O) groups excluding carboxylic acids is 2. The number of anilines is 3. The van der Waals surface area contributed by atoms with Gasteiger partial charge >= 0.3 is 61.3 Å². The number of nitro groups is 1. The second-order valence-electron chi connectivity index (χ2n) is 16.8. The van der Waals surface area contributed by atoms with E-state index in [2.05, 4.69) is 44.8 Å². The van der Waals surface area contributed by atoms with Crippen LogP contribution in [0.2, 0.25) is 10.0 Å². The third-order valence-corrected chi connectivity index (χ3v) is 14.5. The number of nitrogens with zero attached hydrogens (tertiary/aromatic N) is 8. The molecule has 6 aromatic rings. The summed E-state index contributed by atoms with van der Waals surface area (Å²) in [5.41, 5.74) is 8.16. The zero-order valence-corrected chi connectivity index (χ0v) is 49.1. The second kappa shape index (κ2) is 31.9. The van der Waals surface area contributed by atoms with E-state index in [0.29, 0.717) is 18.2 Å². The average molecular weight is 1400 g/mol. The zero-order valence-electron chi connectivity index (χ0n) is 45.1. The van der Waals surface area contributed by atoms with Crippen LogP contribution in [0.1, 0.15) is 40.2 Å². The summed E-state index contributed by atoms with van der Waals surface area (Å²) in [7, 11) is -11.0. The molecule has 0 radical (unpaired) electrons. The summed E-state index contributed by atoms with van der Waals surface area (Å²) < 4.78 is 201. The molecular formula is C44H43Cl2F10N14O17PS2. The van der Waals surface area contributed by atoms with Gasteiger partial charge in [0.05, 0.1) is 44.2 Å². The molecule has 0 aliphatic rings. The summed E-state index contributed by atoms with van der Waals surface area (Å²) in [6.07, 6.45) is -9.98. The van der Waals surface area contributed by atoms with E-state index < -0.39 is 151 Å². The Morgan fingerprint density at radius 2 is 1.29 bits per heavy atom. The average Bonchev–Trinajstić information content (AvgIpc) is 1.50. The number of methoxy groups -OCH3 is 1. The van der Waals surface area contributed by atoms with Crippen molar-refractivity contribution >= 4 is 98.0 Å². The first-order chi connectivity index (χ1) is 41.4. The van der Waals surface area contributed by atoms with Gasteiger partial charge in [-0.15, -0.1) is 0 Å². The van der Waals surface area contributed by atoms with Crippen molar-refractivity contribution in [2.45, 2.75) is 67.6 Å². The number of aliphatic carboxylic acids is 1. The monoisotopic (exact) mass is 1390 g/mol. The maximum Gasteiger partial charge on any atom is 0.416 e. The Labute approximate surface area is 507 Å². The van der Waals surface area contributed by atoms with Gasteiger partial charge in [-0.1, -0.05) is 53.5 Å². The van der Waals surface area contributed by atoms with Gasteiger partial charge < -0.3 is 40.8 Å². The van der Waals surface area contributed by atoms with Crippen LogP contribution in [0.3, 0.4) is 0 Å². The van der Waals surface area contributed by atoms with Crippen LogP contribution in [0, 0.1) is 17.0 Å². The Bertz CT molecular complexity index is 3810. The molecule has 3 aromatic heterocycles. The number of halogens is 12. The van der Waals surface area contributed by atoms with Gasteiger partial charge in [-0.25, -0.2) is 45.3 Å². The first-order valence-corrected chi connectivity index (χ1v) is 29.5. The summed E-state index contributed by atoms with van der Waals surface area (Å²) in [4.78, 5) is 80.6. The first kappa shape index (κ1) is 75.2. The highest BCUT2D eigenvalue weighted by Crippen LogP contribution is 2.39. The topological polar surface area (TPSA) is 468 Å². The molecule has 46 heteroatoms. The number of nitrogens with one attached hydrogen (secondary N) is 4. The number of sulfonamides is 2. The molecule has 31 nitrogen and oxygen atoms in total. The quantitative estimate of drug-likeness (QED) is 0.0155. The molecule has 0 fully saturated rings. The van der Waals surface area contributed by atoms with Crippen LogP contribution in [0.25, 0.3) is 5.69 Å². The maximum atomic E-state index is 12.6. The Hall–Kier alpha value is -9.03. The lowest BCUT2D eigenvalue weighted by Gasteiger charge is -2.13. The Morgan fingerprint density at radius 3 is 1.73 bits per heavy atom. The van der Waals surface area contributed by atoms with Crippen molar-refractivity contribution in [3.8, 4) is 23.5 Å². The summed E-state index contributed by atoms with van der Waals surface area (Å²) in [5.74, 6) is -6.05. The molecule has 2 atom stereocenters. The first-order valence-electron chi connectivity index (χ1n) is 23.5. The molecular weight excluding hydrogens is 1350 g/mol. The number of benzene rings is 3. The van der Waals surface area contributed by atoms with Gasteiger partial charge in [0.15, 0.2) is 7.37 Å². The lowest BCUT2D eigenvalue weighted by Crippen LogP contribution is -2.35. The van der Waals surface area contributed by atoms with Crippen LogP contribution in [-0.4, -0.2) is 141 Å². The number of aromatic nitrogens is 7. The lowest BCUT2D eigenvalue weighted by molar-refractivity contribution is -0.383. The van der Waals surface area contributed by atoms with Crippen molar-refractivity contribution < 1.29 is 119 Å². The fraction of sp³-hybridized carbons (Fsp3) is 0.273. The van der Waals surface area contributed by atoms with E-state index in [9.17, 15) is 94.6 Å². The molecule has 2 unspecified atom stereocenters. The standard InChI is InChI=1S/C15H16F3N5O4S.C14H10F4N4O7S.C10H5Cl2F3N4O2.C5H12NO4P/c1-9-19-12(22-14(20-9)27-2)21-13(24)23-28(25,26)11-6-4-3-5-10(11)7-8-15(16,17)18;15-11(16)28-8-5-9(29-12(17)18)20-13(19-8)21-14(25)22-30(26,27)7-4-2-1-3-6(7)10(23)24;11-5-1-4(10(13,14)15)2-6(12)8(5)18-9(16)7(3-17-18)19(20)21;1-11(9,10)3-2-4(6)5(7)8/h3-6H,7-8H2,1-2H3,(H2,19,20,21,22,23,24);1-5,11-12H,(H,23,24)(H2,19,20,21,22,25);1-3H,16H2;4H,2-3,6H2,1H3,(H,7,8)(H,9,10). The molecule has 6 rings (SSSR count). The van der Waals surface area contributed by atoms with Gasteiger partial charge in [-0.3, -0.25) is 30.1 Å². The van der Waals surface area contributed by atoms with E-state index in [0.717, 1.165) is 29.1 Å². The fourth-order valence-corrected chi connectivity index (χ4v) is 9.89. The number of carboxylic acid groups (broad SMARTS) is 2. The van der Waals surface area contributed by atoms with Gasteiger partial charge in [0.25, 0.3) is 20.0 Å². The Balaban J connectivity index is 0.000000329. The number of amides is 4. The highest BCUT2D eigenvalue weighted by Gasteiger charge is 2.34. The minimum atomic E-state index is -4.71. The minimum Gasteiger partial charge on any atom is -0.480 e. The number of alkyl halides is 10. The number of ether oxygens (including phenoxy) is 3. The third kappa shape index (κ3) is 24.5. The van der Waals surface area contributed by atoms with E-state index in [1.807, 2.05) is 0 Å². The summed E-state index contributed by atoms with van der Waals surface area (Å²) in [5, 5.41) is 34.6. The highest BCUT2D eigenvalue weighted by atomic mass is 35.5. The number of hydrogen-bond acceptors (Lipinski definition) is 22. The number of nitrogen functional groups attached to an aromatic ring is 1. The van der Waals surface area contributed by atoms with Gasteiger partial charge in [0, 0.05) is 19.2 Å². The minimum absolute atomic E-state index is 0.0412. The second-order valence-corrected chi connectivity index (χ2v) is 23.5. The normalized spacial score (nSPS) is 12.4. The molecule has 0 aliphatic carbocycles. The van der Waals surface area contributed by atoms with E-state index in [-0.39, 0.29) is 51.7 Å². The molecule has 3 heterocycles. The van der Waals surface area contributed by atoms with Crippen LogP contribution in [0.5, 0.6) is 17.8 Å². The Kier molecular flexibility index (Phi) is 26.7. The summed E-state index contributed by atoms with van der Waals surface area (Å²) >= 11 is 11.5. The van der Waals surface area contributed by atoms with Crippen LogP contribution < -0.4 is 45.8 Å². The molecule has 492 valence electrons. The van der Waals surface area contributed by atoms with Crippen molar-refractivity contribution in [2.24, 2.45) is 5.73 Å². The van der Waals surface area contributed by atoms with Crippen LogP contribution in [0.4, 0.5) is 76.9 Å². The smallest absolute Gasteiger partial charge is 0.416 e. The van der Waals surface area contributed by atoms with E-state index >= 15 is 0 Å². The van der Waals surface area contributed by atoms with Crippen molar-refractivity contribution in [1.82, 2.24) is 44.1 Å². The van der Waals surface area contributed by atoms with Crippen molar-refractivity contribution in [3.05, 3.63) is 116 Å². The molecule has 90 heavy (non-hydrogen) atoms. The maximum absolute atomic E-state index is 12.6. The van der Waals surface area contributed by atoms with E-state index in [1.54, 1.807) is 10.0 Å². The molecule has 0 aliphatic heterocycles. The number of carbonyl (C=O) groups is 4. The van der Waals surface area contributed by atoms with Crippen molar-refractivity contribution in [2.75, 3.05) is 36.3 Å².